The number of nitrogens with one attached hydrogen (secondary N) is 2. The summed E-state index contributed by atoms with van der Waals surface area (Å²) in [5, 5.41) is 7.52. The summed E-state index contributed by atoms with van der Waals surface area (Å²) >= 11 is 0. The Morgan fingerprint density at radius 1 is 0.871 bits per heavy atom. The molecule has 0 saturated heterocycles. The molecule has 0 aliphatic carbocycles. The Kier molecular flexibility index (Phi) is 8.04. The number of hydrogen-bond acceptors (Lipinski definition) is 9. The van der Waals surface area contributed by atoms with Gasteiger partial charge in [0.15, 0.2) is 5.36 Å². The minimum absolute atomic E-state index is 0. The number of nitrogens with zero attached hydrogens (tertiary/aromatic N) is 2. The second kappa shape index (κ2) is 10.1. The van der Waals surface area contributed by atoms with Gasteiger partial charge in [-0.2, -0.15) is 10.2 Å². The van der Waals surface area contributed by atoms with Crippen molar-refractivity contribution in [1.82, 2.24) is 0 Å². The zero-order valence-corrected chi connectivity index (χ0v) is 19.9. The molecule has 0 atom stereocenters. The van der Waals surface area contributed by atoms with Gasteiger partial charge in [-0.1, -0.05) is 17.7 Å². The third-order valence-corrected chi connectivity index (χ3v) is 5.04. The molecule has 0 aliphatic rings. The van der Waals surface area contributed by atoms with Crippen LogP contribution in [-0.4, -0.2) is 13.0 Å². The third-order valence-electron chi connectivity index (χ3n) is 4.19. The summed E-state index contributed by atoms with van der Waals surface area (Å²) in [5.74, 6) is 0. The summed E-state index contributed by atoms with van der Waals surface area (Å²) in [6, 6.07) is 12.9. The van der Waals surface area contributed by atoms with Gasteiger partial charge in [-0.05, 0) is 61.9 Å². The number of aryl methyl sites for hydroxylation is 2. The molecule has 0 aliphatic heterocycles. The maximum atomic E-state index is 12.6. The zero-order valence-electron chi connectivity index (χ0n) is 17.0. The van der Waals surface area contributed by atoms with Crippen LogP contribution in [0.15, 0.2) is 79.3 Å². The van der Waals surface area contributed by atoms with Gasteiger partial charge in [0.1, 0.15) is 15.5 Å². The maximum absolute atomic E-state index is 12.6. The fourth-order valence-corrected chi connectivity index (χ4v) is 3.08. The van der Waals surface area contributed by atoms with E-state index in [-0.39, 0.29) is 45.2 Å². The van der Waals surface area contributed by atoms with Crippen LogP contribution in [0.2, 0.25) is 0 Å². The van der Waals surface area contributed by atoms with Gasteiger partial charge in [0.25, 0.3) is 0 Å². The predicted molar refractivity (Wildman–Crippen MR) is 110 cm³/mol. The number of rotatable bonds is 5. The quantitative estimate of drug-likeness (QED) is 0.253. The molecule has 0 heterocycles. The second-order valence-electron chi connectivity index (χ2n) is 6.50. The van der Waals surface area contributed by atoms with E-state index in [9.17, 15) is 22.6 Å². The first kappa shape index (κ1) is 24.6. The molecule has 0 bridgehead atoms. The molecule has 0 amide bonds. The normalized spacial score (nSPS) is 12.4. The molecule has 3 aromatic carbocycles. The molecule has 3 rings (SSSR count). The molecule has 0 spiro atoms. The number of benzene rings is 3. The van der Waals surface area contributed by atoms with Gasteiger partial charge >= 0.3 is 29.6 Å². The van der Waals surface area contributed by atoms with Gasteiger partial charge in [-0.3, -0.25) is 20.4 Å². The van der Waals surface area contributed by atoms with Crippen LogP contribution in [0.1, 0.15) is 11.1 Å². The van der Waals surface area contributed by atoms with E-state index in [0.29, 0.717) is 11.4 Å². The first-order valence-electron chi connectivity index (χ1n) is 8.73. The van der Waals surface area contributed by atoms with Crippen molar-refractivity contribution < 1.29 is 42.5 Å². The van der Waals surface area contributed by atoms with E-state index in [4.69, 9.17) is 0 Å². The van der Waals surface area contributed by atoms with Crippen LogP contribution in [0.5, 0.6) is 0 Å². The average molecular weight is 448 g/mol. The fraction of sp³-hybridized carbons (Fsp3) is 0.100. The monoisotopic (exact) mass is 448 g/mol. The largest absolute Gasteiger partial charge is 1.00 e. The van der Waals surface area contributed by atoms with E-state index in [1.807, 2.05) is 26.0 Å². The number of hydrogen-bond donors (Lipinski definition) is 2. The Bertz CT molecular complexity index is 1430. The van der Waals surface area contributed by atoms with E-state index in [1.54, 1.807) is 6.07 Å². The van der Waals surface area contributed by atoms with Gasteiger partial charge in [0, 0.05) is 0 Å². The minimum Gasteiger partial charge on any atom is -0.744 e. The third kappa shape index (κ3) is 6.18. The van der Waals surface area contributed by atoms with Crippen LogP contribution in [-0.2, 0) is 10.1 Å². The first-order valence-corrected chi connectivity index (χ1v) is 10.1. The molecule has 0 radical (unpaired) electrons. The van der Waals surface area contributed by atoms with Gasteiger partial charge in [0.05, 0.1) is 16.3 Å². The molecule has 154 valence electrons. The van der Waals surface area contributed by atoms with Crippen molar-refractivity contribution in [2.24, 2.45) is 10.2 Å². The van der Waals surface area contributed by atoms with Crippen molar-refractivity contribution in [1.29, 1.82) is 0 Å². The predicted octanol–water partition coefficient (Wildman–Crippen LogP) is -2.34. The molecular formula is C20H17N4NaO5S. The van der Waals surface area contributed by atoms with Gasteiger partial charge in [-0.15, -0.1) is 0 Å². The van der Waals surface area contributed by atoms with E-state index in [1.165, 1.54) is 24.3 Å². The SMILES string of the molecule is Cc1ccc(N/N=c2\c(=O)cc/c(=N/Nc3ccc(S(=O)(=O)[O-])cc3)c2=O)c(C)c1.[Na+]. The van der Waals surface area contributed by atoms with Gasteiger partial charge in [0.2, 0.25) is 10.9 Å². The summed E-state index contributed by atoms with van der Waals surface area (Å²) in [5.41, 5.74) is 7.07. The van der Waals surface area contributed by atoms with Crippen LogP contribution < -0.4 is 62.0 Å². The minimum atomic E-state index is -4.55. The Labute approximate surface area is 199 Å². The first-order chi connectivity index (χ1) is 14.1. The van der Waals surface area contributed by atoms with E-state index in [0.717, 1.165) is 23.3 Å². The Balaban J connectivity index is 0.00000341. The molecule has 9 nitrogen and oxygen atoms in total. The van der Waals surface area contributed by atoms with Crippen LogP contribution in [0, 0.1) is 13.8 Å². The van der Waals surface area contributed by atoms with Crippen molar-refractivity contribution in [3.05, 3.63) is 96.9 Å². The molecule has 3 aromatic rings. The van der Waals surface area contributed by atoms with E-state index >= 15 is 0 Å². The van der Waals surface area contributed by atoms with Crippen LogP contribution in [0.25, 0.3) is 0 Å². The maximum Gasteiger partial charge on any atom is 1.00 e. The van der Waals surface area contributed by atoms with Crippen LogP contribution in [0.3, 0.4) is 0 Å². The van der Waals surface area contributed by atoms with E-state index < -0.39 is 21.0 Å². The van der Waals surface area contributed by atoms with Crippen molar-refractivity contribution in [2.45, 2.75) is 18.7 Å². The molecular weight excluding hydrogens is 431 g/mol. The Hall–Kier alpha value is -2.63. The van der Waals surface area contributed by atoms with Crippen molar-refractivity contribution >= 4 is 21.5 Å². The van der Waals surface area contributed by atoms with Gasteiger partial charge in [-0.25, -0.2) is 8.42 Å². The van der Waals surface area contributed by atoms with Crippen LogP contribution >= 0.6 is 0 Å². The molecule has 11 heteroatoms. The summed E-state index contributed by atoms with van der Waals surface area (Å²) < 4.78 is 32.9. The molecule has 0 unspecified atom stereocenters. The summed E-state index contributed by atoms with van der Waals surface area (Å²) in [6.45, 7) is 3.82. The van der Waals surface area contributed by atoms with Gasteiger partial charge < -0.3 is 4.55 Å². The standard InChI is InChI=1S/C20H18N4O5S.Na/c1-12-3-8-16(13(2)11-12)22-24-19-18(25)10-9-17(20(19)26)23-21-14-4-6-15(7-5-14)30(27,28)29;/h3-11,21-22H,1-2H3,(H,27,28,29);/q;+1/p-1/b23-17-,24-19+;. The average Bonchev–Trinajstić information content (AvgIpc) is 2.68. The zero-order chi connectivity index (χ0) is 21.9. The molecule has 31 heavy (non-hydrogen) atoms. The summed E-state index contributed by atoms with van der Waals surface area (Å²) in [4.78, 5) is 24.3. The van der Waals surface area contributed by atoms with Crippen molar-refractivity contribution in [2.75, 3.05) is 10.9 Å². The molecule has 0 saturated carbocycles. The molecule has 0 aromatic heterocycles. The van der Waals surface area contributed by atoms with Crippen LogP contribution in [0.4, 0.5) is 11.4 Å². The van der Waals surface area contributed by atoms with Crippen molar-refractivity contribution in [3.63, 3.8) is 0 Å². The summed E-state index contributed by atoms with van der Waals surface area (Å²) in [7, 11) is -4.55. The second-order valence-corrected chi connectivity index (χ2v) is 7.88. The van der Waals surface area contributed by atoms with E-state index in [2.05, 4.69) is 21.1 Å². The Morgan fingerprint density at radius 3 is 2.16 bits per heavy atom. The topological polar surface area (TPSA) is 140 Å². The molecule has 2 N–H and O–H groups in total. The smallest absolute Gasteiger partial charge is 0.744 e. The molecule has 0 fully saturated rings. The number of anilines is 2. The fourth-order valence-electron chi connectivity index (χ4n) is 2.61. The Morgan fingerprint density at radius 2 is 1.55 bits per heavy atom. The van der Waals surface area contributed by atoms with Crippen molar-refractivity contribution in [3.8, 4) is 0 Å². The summed E-state index contributed by atoms with van der Waals surface area (Å²) in [6.07, 6.45) is 0.